The van der Waals surface area contributed by atoms with Gasteiger partial charge < -0.3 is 10.6 Å². The van der Waals surface area contributed by atoms with Gasteiger partial charge in [-0.2, -0.15) is 0 Å². The molecule has 8 heteroatoms. The maximum absolute atomic E-state index is 14.0. The highest BCUT2D eigenvalue weighted by molar-refractivity contribution is 6.30. The lowest BCUT2D eigenvalue weighted by Gasteiger charge is -2.34. The van der Waals surface area contributed by atoms with Crippen molar-refractivity contribution in [1.29, 1.82) is 0 Å². The van der Waals surface area contributed by atoms with E-state index in [4.69, 9.17) is 11.6 Å². The minimum atomic E-state index is -0.880. The van der Waals surface area contributed by atoms with Crippen molar-refractivity contribution < 1.29 is 14.4 Å². The third kappa shape index (κ3) is 7.69. The molecular weight excluding hydrogens is 524 g/mol. The van der Waals surface area contributed by atoms with Crippen LogP contribution in [0.5, 0.6) is 0 Å². The number of carbonyl (C=O) groups excluding carboxylic acids is 3. The van der Waals surface area contributed by atoms with Gasteiger partial charge in [-0.05, 0) is 80.1 Å². The average molecular weight is 561 g/mol. The standard InChI is InChI=1S/C32H37ClN4O3/c1-22-10-8-13-27(23(22)2)37(30(39)16-9-15-29(38)36-28-14-6-7-21-34-28)31(24-17-19-25(33)20-18-24)32(40)35-26-11-4-3-5-12-26/h6-8,10,13-14,17-21,26,31H,3-5,9,11-12,15-16H2,1-2H3,(H,35,40)(H,34,36,38). The van der Waals surface area contributed by atoms with E-state index in [9.17, 15) is 14.4 Å². The van der Waals surface area contributed by atoms with Crippen LogP contribution in [0.2, 0.25) is 5.02 Å². The van der Waals surface area contributed by atoms with Gasteiger partial charge in [0, 0.05) is 35.8 Å². The molecule has 1 aromatic heterocycles. The molecule has 0 saturated heterocycles. The summed E-state index contributed by atoms with van der Waals surface area (Å²) in [6, 6.07) is 17.4. The predicted molar refractivity (Wildman–Crippen MR) is 159 cm³/mol. The average Bonchev–Trinajstić information content (AvgIpc) is 2.95. The van der Waals surface area contributed by atoms with Gasteiger partial charge >= 0.3 is 0 Å². The maximum Gasteiger partial charge on any atom is 0.248 e. The lowest BCUT2D eigenvalue weighted by Crippen LogP contribution is -2.47. The second-order valence-electron chi connectivity index (χ2n) is 10.4. The van der Waals surface area contributed by atoms with E-state index in [2.05, 4.69) is 15.6 Å². The Balaban J connectivity index is 1.61. The van der Waals surface area contributed by atoms with Gasteiger partial charge in [0.15, 0.2) is 0 Å². The lowest BCUT2D eigenvalue weighted by molar-refractivity contribution is -0.127. The Bertz CT molecular complexity index is 1310. The fourth-order valence-corrected chi connectivity index (χ4v) is 5.29. The van der Waals surface area contributed by atoms with Gasteiger partial charge in [-0.25, -0.2) is 4.98 Å². The highest BCUT2D eigenvalue weighted by Gasteiger charge is 2.34. The summed E-state index contributed by atoms with van der Waals surface area (Å²) in [6.45, 7) is 3.95. The molecule has 0 radical (unpaired) electrons. The van der Waals surface area contributed by atoms with Crippen molar-refractivity contribution in [3.63, 3.8) is 0 Å². The molecule has 0 aliphatic heterocycles. The van der Waals surface area contributed by atoms with Crippen LogP contribution in [0.4, 0.5) is 11.5 Å². The number of anilines is 2. The highest BCUT2D eigenvalue weighted by Crippen LogP contribution is 2.34. The maximum atomic E-state index is 14.0. The number of pyridine rings is 1. The number of halogens is 1. The first-order valence-corrected chi connectivity index (χ1v) is 14.4. The highest BCUT2D eigenvalue weighted by atomic mass is 35.5. The molecule has 2 N–H and O–H groups in total. The van der Waals surface area contributed by atoms with Gasteiger partial charge in [-0.15, -0.1) is 0 Å². The summed E-state index contributed by atoms with van der Waals surface area (Å²) < 4.78 is 0. The van der Waals surface area contributed by atoms with Crippen molar-refractivity contribution in [2.24, 2.45) is 0 Å². The zero-order valence-corrected chi connectivity index (χ0v) is 23.9. The largest absolute Gasteiger partial charge is 0.351 e. The second kappa shape index (κ2) is 14.1. The van der Waals surface area contributed by atoms with Crippen LogP contribution >= 0.6 is 11.6 Å². The van der Waals surface area contributed by atoms with Crippen molar-refractivity contribution >= 4 is 40.8 Å². The Morgan fingerprint density at radius 2 is 1.70 bits per heavy atom. The van der Waals surface area contributed by atoms with Crippen molar-refractivity contribution in [3.8, 4) is 0 Å². The molecule has 4 rings (SSSR count). The fraction of sp³-hybridized carbons (Fsp3) is 0.375. The van der Waals surface area contributed by atoms with Crippen LogP contribution in [0.1, 0.15) is 74.1 Å². The van der Waals surface area contributed by atoms with Crippen molar-refractivity contribution in [2.75, 3.05) is 10.2 Å². The number of aromatic nitrogens is 1. The van der Waals surface area contributed by atoms with Crippen LogP contribution in [0, 0.1) is 13.8 Å². The predicted octanol–water partition coefficient (Wildman–Crippen LogP) is 6.68. The van der Waals surface area contributed by atoms with E-state index < -0.39 is 6.04 Å². The summed E-state index contributed by atoms with van der Waals surface area (Å²) in [5.41, 5.74) is 3.31. The molecule has 1 atom stereocenters. The fourth-order valence-electron chi connectivity index (χ4n) is 5.17. The molecule has 210 valence electrons. The number of hydrogen-bond acceptors (Lipinski definition) is 4. The van der Waals surface area contributed by atoms with Gasteiger partial charge in [0.25, 0.3) is 0 Å². The molecule has 3 amide bonds. The van der Waals surface area contributed by atoms with E-state index >= 15 is 0 Å². The first-order chi connectivity index (χ1) is 19.3. The molecule has 1 fully saturated rings. The van der Waals surface area contributed by atoms with E-state index in [-0.39, 0.29) is 36.6 Å². The molecular formula is C32H37ClN4O3. The zero-order valence-electron chi connectivity index (χ0n) is 23.2. The number of aryl methyl sites for hydroxylation is 1. The molecule has 2 aromatic carbocycles. The van der Waals surface area contributed by atoms with Crippen molar-refractivity contribution in [3.05, 3.63) is 88.6 Å². The van der Waals surface area contributed by atoms with Crippen LogP contribution in [-0.4, -0.2) is 28.7 Å². The van der Waals surface area contributed by atoms with Gasteiger partial charge in [0.05, 0.1) is 0 Å². The molecule has 1 heterocycles. The van der Waals surface area contributed by atoms with E-state index in [0.29, 0.717) is 28.5 Å². The minimum absolute atomic E-state index is 0.0851. The molecule has 0 spiro atoms. The third-order valence-electron chi connectivity index (χ3n) is 7.47. The molecule has 1 unspecified atom stereocenters. The molecule has 0 bridgehead atoms. The number of benzene rings is 2. The van der Waals surface area contributed by atoms with Crippen LogP contribution in [-0.2, 0) is 14.4 Å². The molecule has 1 saturated carbocycles. The summed E-state index contributed by atoms with van der Waals surface area (Å²) in [6.07, 6.45) is 7.39. The van der Waals surface area contributed by atoms with Gasteiger partial charge in [-0.3, -0.25) is 19.3 Å². The summed E-state index contributed by atoms with van der Waals surface area (Å²) >= 11 is 6.19. The SMILES string of the molecule is Cc1cccc(N(C(=O)CCCC(=O)Nc2ccccn2)C(C(=O)NC2CCCCC2)c2ccc(Cl)cc2)c1C. The Hall–Kier alpha value is -3.71. The monoisotopic (exact) mass is 560 g/mol. The van der Waals surface area contributed by atoms with Crippen molar-refractivity contribution in [1.82, 2.24) is 10.3 Å². The van der Waals surface area contributed by atoms with Crippen LogP contribution in [0.3, 0.4) is 0 Å². The minimum Gasteiger partial charge on any atom is -0.351 e. The van der Waals surface area contributed by atoms with E-state index in [1.807, 2.05) is 32.0 Å². The van der Waals surface area contributed by atoms with E-state index in [1.54, 1.807) is 53.6 Å². The summed E-state index contributed by atoms with van der Waals surface area (Å²) in [5.74, 6) is -0.179. The summed E-state index contributed by atoms with van der Waals surface area (Å²) in [4.78, 5) is 46.2. The second-order valence-corrected chi connectivity index (χ2v) is 10.8. The first kappa shape index (κ1) is 29.3. The lowest BCUT2D eigenvalue weighted by atomic mass is 9.94. The number of rotatable bonds is 10. The zero-order chi connectivity index (χ0) is 28.5. The Labute approximate surface area is 241 Å². The van der Waals surface area contributed by atoms with Gasteiger partial charge in [0.1, 0.15) is 11.9 Å². The molecule has 40 heavy (non-hydrogen) atoms. The number of nitrogens with one attached hydrogen (secondary N) is 2. The van der Waals surface area contributed by atoms with Crippen LogP contribution in [0.25, 0.3) is 0 Å². The Kier molecular flexibility index (Phi) is 10.3. The van der Waals surface area contributed by atoms with Crippen molar-refractivity contribution in [2.45, 2.75) is 77.3 Å². The summed E-state index contributed by atoms with van der Waals surface area (Å²) in [7, 11) is 0. The topological polar surface area (TPSA) is 91.4 Å². The number of carbonyl (C=O) groups is 3. The Morgan fingerprint density at radius 3 is 2.40 bits per heavy atom. The normalized spacial score (nSPS) is 14.3. The smallest absolute Gasteiger partial charge is 0.248 e. The first-order valence-electron chi connectivity index (χ1n) is 14.0. The third-order valence-corrected chi connectivity index (χ3v) is 7.73. The number of nitrogens with zero attached hydrogens (tertiary/aromatic N) is 2. The summed E-state index contributed by atoms with van der Waals surface area (Å²) in [5, 5.41) is 6.55. The molecule has 1 aliphatic rings. The quantitative estimate of drug-likeness (QED) is 0.289. The van der Waals surface area contributed by atoms with Crippen LogP contribution < -0.4 is 15.5 Å². The van der Waals surface area contributed by atoms with Gasteiger partial charge in [0.2, 0.25) is 17.7 Å². The number of hydrogen-bond donors (Lipinski definition) is 2. The van der Waals surface area contributed by atoms with Gasteiger partial charge in [-0.1, -0.05) is 61.2 Å². The number of amides is 3. The Morgan fingerprint density at radius 1 is 0.950 bits per heavy atom. The van der Waals surface area contributed by atoms with E-state index in [1.165, 1.54) is 6.42 Å². The van der Waals surface area contributed by atoms with Crippen LogP contribution in [0.15, 0.2) is 66.9 Å². The van der Waals surface area contributed by atoms with E-state index in [0.717, 1.165) is 36.8 Å². The molecule has 3 aromatic rings. The molecule has 7 nitrogen and oxygen atoms in total. The molecule has 1 aliphatic carbocycles.